The third kappa shape index (κ3) is 8.06. The van der Waals surface area contributed by atoms with E-state index >= 15 is 0 Å². The molecule has 0 saturated carbocycles. The van der Waals surface area contributed by atoms with Gasteiger partial charge in [0.1, 0.15) is 12.6 Å². The van der Waals surface area contributed by atoms with Gasteiger partial charge in [-0.05, 0) is 24.0 Å². The molecule has 1 atom stereocenters. The molecule has 2 amide bonds. The van der Waals surface area contributed by atoms with Gasteiger partial charge in [0.2, 0.25) is 21.8 Å². The van der Waals surface area contributed by atoms with Gasteiger partial charge in [0.05, 0.1) is 16.9 Å². The number of carbonyl (C=O) groups is 2. The number of nitrogens with one attached hydrogen (secondary N) is 1. The minimum absolute atomic E-state index is 0.00739. The average Bonchev–Trinajstić information content (AvgIpc) is 2.80. The van der Waals surface area contributed by atoms with Gasteiger partial charge in [0, 0.05) is 25.2 Å². The van der Waals surface area contributed by atoms with Gasteiger partial charge >= 0.3 is 0 Å². The zero-order valence-corrected chi connectivity index (χ0v) is 21.2. The largest absolute Gasteiger partial charge is 0.354 e. The Morgan fingerprint density at radius 2 is 1.74 bits per heavy atom. The number of amides is 2. The maximum atomic E-state index is 13.5. The summed E-state index contributed by atoms with van der Waals surface area (Å²) < 4.78 is 26.0. The number of anilines is 1. The van der Waals surface area contributed by atoms with Crippen LogP contribution in [0.25, 0.3) is 0 Å². The van der Waals surface area contributed by atoms with E-state index < -0.39 is 33.4 Å². The zero-order chi connectivity index (χ0) is 26.2. The van der Waals surface area contributed by atoms with Crippen molar-refractivity contribution in [2.24, 2.45) is 5.92 Å². The third-order valence-electron chi connectivity index (χ3n) is 5.27. The molecule has 0 aliphatic rings. The van der Waals surface area contributed by atoms with Crippen LogP contribution >= 0.6 is 0 Å². The molecule has 35 heavy (non-hydrogen) atoms. The molecule has 190 valence electrons. The number of sulfonamides is 1. The highest BCUT2D eigenvalue weighted by Gasteiger charge is 2.32. The van der Waals surface area contributed by atoms with Crippen molar-refractivity contribution >= 4 is 33.2 Å². The number of benzene rings is 2. The van der Waals surface area contributed by atoms with Crippen LogP contribution in [0.5, 0.6) is 0 Å². The van der Waals surface area contributed by atoms with Crippen molar-refractivity contribution in [2.45, 2.75) is 39.8 Å². The van der Waals surface area contributed by atoms with E-state index in [0.29, 0.717) is 13.0 Å². The quantitative estimate of drug-likeness (QED) is 0.349. The second-order valence-corrected chi connectivity index (χ2v) is 10.5. The van der Waals surface area contributed by atoms with Crippen molar-refractivity contribution in [3.8, 4) is 0 Å². The highest BCUT2D eigenvalue weighted by Crippen LogP contribution is 2.24. The van der Waals surface area contributed by atoms with Crippen molar-refractivity contribution in [1.29, 1.82) is 0 Å². The van der Waals surface area contributed by atoms with Crippen molar-refractivity contribution in [1.82, 2.24) is 10.2 Å². The van der Waals surface area contributed by atoms with Crippen molar-refractivity contribution in [3.05, 3.63) is 70.3 Å². The summed E-state index contributed by atoms with van der Waals surface area (Å²) in [5, 5.41) is 14.0. The van der Waals surface area contributed by atoms with Crippen molar-refractivity contribution in [3.63, 3.8) is 0 Å². The van der Waals surface area contributed by atoms with Gasteiger partial charge in [-0.3, -0.25) is 24.0 Å². The van der Waals surface area contributed by atoms with E-state index in [0.717, 1.165) is 22.2 Å². The van der Waals surface area contributed by atoms with E-state index in [1.165, 1.54) is 23.1 Å². The molecule has 1 unspecified atom stereocenters. The monoisotopic (exact) mass is 504 g/mol. The number of nitro benzene ring substituents is 1. The molecule has 2 rings (SSSR count). The molecule has 11 heteroatoms. The zero-order valence-electron chi connectivity index (χ0n) is 20.4. The van der Waals surface area contributed by atoms with Crippen LogP contribution in [0.3, 0.4) is 0 Å². The Morgan fingerprint density at radius 1 is 1.09 bits per heavy atom. The van der Waals surface area contributed by atoms with Gasteiger partial charge in [-0.1, -0.05) is 57.2 Å². The van der Waals surface area contributed by atoms with Crippen LogP contribution in [0, 0.1) is 16.0 Å². The molecule has 0 aliphatic heterocycles. The molecule has 0 aliphatic carbocycles. The summed E-state index contributed by atoms with van der Waals surface area (Å²) in [6, 6.07) is 13.3. The molecule has 2 aromatic rings. The number of nitrogens with zero attached hydrogens (tertiary/aromatic N) is 3. The first-order chi connectivity index (χ1) is 16.4. The second kappa shape index (κ2) is 12.3. The molecule has 0 saturated heterocycles. The highest BCUT2D eigenvalue weighted by atomic mass is 32.2. The van der Waals surface area contributed by atoms with E-state index in [2.05, 4.69) is 5.32 Å². The normalized spacial score (nSPS) is 12.1. The fraction of sp³-hybridized carbons (Fsp3) is 0.417. The van der Waals surface area contributed by atoms with Crippen molar-refractivity contribution < 1.29 is 22.9 Å². The molecule has 1 N–H and O–H groups in total. The number of non-ortho nitro benzene ring substituents is 1. The van der Waals surface area contributed by atoms with Gasteiger partial charge in [0.25, 0.3) is 5.69 Å². The van der Waals surface area contributed by atoms with Crippen LogP contribution in [-0.2, 0) is 26.2 Å². The summed E-state index contributed by atoms with van der Waals surface area (Å²) >= 11 is 0. The fourth-order valence-electron chi connectivity index (χ4n) is 3.50. The molecule has 10 nitrogen and oxygen atoms in total. The van der Waals surface area contributed by atoms with E-state index in [1.54, 1.807) is 6.92 Å². The van der Waals surface area contributed by atoms with Gasteiger partial charge in [-0.2, -0.15) is 0 Å². The Morgan fingerprint density at radius 3 is 2.29 bits per heavy atom. The highest BCUT2D eigenvalue weighted by molar-refractivity contribution is 7.92. The number of rotatable bonds is 12. The molecular weight excluding hydrogens is 472 g/mol. The summed E-state index contributed by atoms with van der Waals surface area (Å²) in [6.45, 7) is 5.61. The molecular formula is C24H32N4O6S. The van der Waals surface area contributed by atoms with Crippen LogP contribution in [0.1, 0.15) is 32.8 Å². The Kier molecular flexibility index (Phi) is 9.76. The van der Waals surface area contributed by atoms with Gasteiger partial charge in [0.15, 0.2) is 0 Å². The third-order valence-corrected chi connectivity index (χ3v) is 6.41. The first-order valence-corrected chi connectivity index (χ1v) is 13.1. The first-order valence-electron chi connectivity index (χ1n) is 11.3. The first kappa shape index (κ1) is 27.8. The lowest BCUT2D eigenvalue weighted by molar-refractivity contribution is -0.384. The fourth-order valence-corrected chi connectivity index (χ4v) is 4.34. The van der Waals surface area contributed by atoms with E-state index in [-0.39, 0.29) is 29.7 Å². The van der Waals surface area contributed by atoms with Gasteiger partial charge in [-0.25, -0.2) is 8.42 Å². The van der Waals surface area contributed by atoms with Crippen LogP contribution in [0.15, 0.2) is 54.6 Å². The number of carbonyl (C=O) groups excluding carboxylic acids is 2. The Bertz CT molecular complexity index is 1140. The molecule has 2 aromatic carbocycles. The molecule has 0 fully saturated rings. The lowest BCUT2D eigenvalue weighted by Gasteiger charge is -2.33. The Balaban J connectivity index is 2.43. The standard InChI is InChI=1S/C24H32N4O6S/c1-5-22(24(30)25-15-18(2)3)26(16-19-10-7-6-8-11-19)23(29)17-27(35(4,33)34)20-12-9-13-21(14-20)28(31)32/h6-14,18,22H,5,15-17H2,1-4H3,(H,25,30). The molecule has 0 heterocycles. The lowest BCUT2D eigenvalue weighted by atomic mass is 10.1. The number of nitro groups is 1. The molecule has 0 aromatic heterocycles. The smallest absolute Gasteiger partial charge is 0.271 e. The van der Waals surface area contributed by atoms with Crippen LogP contribution in [0.2, 0.25) is 0 Å². The predicted octanol–water partition coefficient (Wildman–Crippen LogP) is 2.94. The summed E-state index contributed by atoms with van der Waals surface area (Å²) in [4.78, 5) is 38.4. The molecule has 0 spiro atoms. The molecule has 0 bridgehead atoms. The minimum Gasteiger partial charge on any atom is -0.354 e. The van der Waals surface area contributed by atoms with Crippen LogP contribution in [0.4, 0.5) is 11.4 Å². The summed E-state index contributed by atoms with van der Waals surface area (Å²) in [6.07, 6.45) is 1.24. The Labute approximate surface area is 206 Å². The molecule has 0 radical (unpaired) electrons. The lowest BCUT2D eigenvalue weighted by Crippen LogP contribution is -2.52. The predicted molar refractivity (Wildman–Crippen MR) is 134 cm³/mol. The van der Waals surface area contributed by atoms with Crippen molar-refractivity contribution in [2.75, 3.05) is 23.7 Å². The van der Waals surface area contributed by atoms with E-state index in [4.69, 9.17) is 0 Å². The SMILES string of the molecule is CCC(C(=O)NCC(C)C)N(Cc1ccccc1)C(=O)CN(c1cccc([N+](=O)[O-])c1)S(C)(=O)=O. The maximum absolute atomic E-state index is 13.5. The number of hydrogen-bond acceptors (Lipinski definition) is 6. The summed E-state index contributed by atoms with van der Waals surface area (Å²) in [5.41, 5.74) is 0.466. The van der Waals surface area contributed by atoms with E-state index in [1.807, 2.05) is 44.2 Å². The topological polar surface area (TPSA) is 130 Å². The van der Waals surface area contributed by atoms with Crippen LogP contribution < -0.4 is 9.62 Å². The van der Waals surface area contributed by atoms with Gasteiger partial charge < -0.3 is 10.2 Å². The van der Waals surface area contributed by atoms with E-state index in [9.17, 15) is 28.1 Å². The Hall–Kier alpha value is -3.47. The summed E-state index contributed by atoms with van der Waals surface area (Å²) in [7, 11) is -3.97. The number of hydrogen-bond donors (Lipinski definition) is 1. The summed E-state index contributed by atoms with van der Waals surface area (Å²) in [5.74, 6) is -0.714. The minimum atomic E-state index is -3.97. The van der Waals surface area contributed by atoms with Crippen LogP contribution in [-0.4, -0.2) is 55.4 Å². The van der Waals surface area contributed by atoms with Gasteiger partial charge in [-0.15, -0.1) is 0 Å². The maximum Gasteiger partial charge on any atom is 0.271 e. The average molecular weight is 505 g/mol. The second-order valence-electron chi connectivity index (χ2n) is 8.62.